The van der Waals surface area contributed by atoms with Crippen LogP contribution in [0.4, 0.5) is 0 Å². The smallest absolute Gasteiger partial charge is 0.315 e. The summed E-state index contributed by atoms with van der Waals surface area (Å²) in [5.41, 5.74) is 6.81. The van der Waals surface area contributed by atoms with Gasteiger partial charge in [0.25, 0.3) is 0 Å². The van der Waals surface area contributed by atoms with E-state index in [0.717, 1.165) is 0 Å². The first-order chi connectivity index (χ1) is 8.40. The van der Waals surface area contributed by atoms with Crippen molar-refractivity contribution in [3.8, 4) is 0 Å². The number of carbonyl (C=O) groups is 2. The topological polar surface area (TPSA) is 69.4 Å². The number of Topliss-reactive ketones (excluding diaryl/α,β-unsaturated/α-hetero) is 1. The highest BCUT2D eigenvalue weighted by atomic mass is 16.5. The van der Waals surface area contributed by atoms with Crippen molar-refractivity contribution in [3.63, 3.8) is 0 Å². The number of benzene rings is 1. The monoisotopic (exact) mass is 251 g/mol. The Hall–Kier alpha value is -1.68. The van der Waals surface area contributed by atoms with Crippen molar-refractivity contribution < 1.29 is 14.3 Å². The fraction of sp³-hybridized carbons (Fsp3) is 0.429. The normalized spacial score (nSPS) is 12.7. The van der Waals surface area contributed by atoms with Gasteiger partial charge in [0, 0.05) is 6.04 Å². The number of ether oxygens (including phenoxy) is 1. The number of carbonyl (C=O) groups excluding carboxylic acids is 2. The Kier molecular flexibility index (Phi) is 7.63. The van der Waals surface area contributed by atoms with E-state index < -0.39 is 11.9 Å². The van der Waals surface area contributed by atoms with Gasteiger partial charge in [0.2, 0.25) is 0 Å². The highest BCUT2D eigenvalue weighted by molar-refractivity contribution is 5.97. The molecule has 1 aromatic rings. The van der Waals surface area contributed by atoms with Crippen molar-refractivity contribution in [3.05, 3.63) is 35.9 Å². The Morgan fingerprint density at radius 2 is 1.67 bits per heavy atom. The molecule has 0 aliphatic carbocycles. The van der Waals surface area contributed by atoms with Crippen molar-refractivity contribution in [2.45, 2.75) is 26.8 Å². The van der Waals surface area contributed by atoms with E-state index in [1.165, 1.54) is 26.5 Å². The Labute approximate surface area is 108 Å². The average Bonchev–Trinajstić information content (AvgIpc) is 2.38. The van der Waals surface area contributed by atoms with Gasteiger partial charge in [-0.15, -0.1) is 0 Å². The molecule has 18 heavy (non-hydrogen) atoms. The van der Waals surface area contributed by atoms with Gasteiger partial charge in [-0.1, -0.05) is 30.3 Å². The maximum absolute atomic E-state index is 10.5. The number of methoxy groups -OCH3 is 1. The van der Waals surface area contributed by atoms with Gasteiger partial charge in [0.15, 0.2) is 0 Å². The van der Waals surface area contributed by atoms with E-state index in [1.54, 1.807) is 0 Å². The van der Waals surface area contributed by atoms with E-state index in [4.69, 9.17) is 5.73 Å². The summed E-state index contributed by atoms with van der Waals surface area (Å²) in [5.74, 6) is -1.25. The Morgan fingerprint density at radius 3 is 1.89 bits per heavy atom. The third-order valence-electron chi connectivity index (χ3n) is 2.49. The maximum Gasteiger partial charge on any atom is 0.315 e. The fourth-order valence-electron chi connectivity index (χ4n) is 1.10. The molecule has 4 heteroatoms. The molecule has 0 fully saturated rings. The van der Waals surface area contributed by atoms with E-state index in [0.29, 0.717) is 0 Å². The molecule has 0 heterocycles. The first kappa shape index (κ1) is 16.3. The molecule has 0 radical (unpaired) electrons. The minimum atomic E-state index is -0.616. The summed E-state index contributed by atoms with van der Waals surface area (Å²) in [6, 6.07) is 10.2. The lowest BCUT2D eigenvalue weighted by atomic mass is 10.1. The molecule has 100 valence electrons. The maximum atomic E-state index is 10.5. The predicted octanol–water partition coefficient (Wildman–Crippen LogP) is 2.09. The van der Waals surface area contributed by atoms with Gasteiger partial charge in [-0.3, -0.25) is 9.59 Å². The van der Waals surface area contributed by atoms with E-state index in [1.807, 2.05) is 37.3 Å². The zero-order valence-corrected chi connectivity index (χ0v) is 11.3. The minimum absolute atomic E-state index is 0.159. The summed E-state index contributed by atoms with van der Waals surface area (Å²) in [6.45, 7) is 4.87. The van der Waals surface area contributed by atoms with Crippen molar-refractivity contribution in [2.24, 2.45) is 11.7 Å². The molecule has 2 atom stereocenters. The summed E-state index contributed by atoms with van der Waals surface area (Å²) in [6.07, 6.45) is 0. The van der Waals surface area contributed by atoms with Crippen LogP contribution in [0.15, 0.2) is 30.3 Å². The summed E-state index contributed by atoms with van der Waals surface area (Å²) in [7, 11) is 1.27. The molecule has 0 bridgehead atoms. The molecular weight excluding hydrogens is 230 g/mol. The summed E-state index contributed by atoms with van der Waals surface area (Å²) in [5, 5.41) is 0. The highest BCUT2D eigenvalue weighted by Gasteiger charge is 2.16. The van der Waals surface area contributed by atoms with Crippen molar-refractivity contribution in [1.82, 2.24) is 0 Å². The molecule has 0 aromatic heterocycles. The molecule has 1 rings (SSSR count). The Bertz CT molecular complexity index is 374. The van der Waals surface area contributed by atoms with E-state index in [2.05, 4.69) is 4.74 Å². The van der Waals surface area contributed by atoms with E-state index in [-0.39, 0.29) is 11.8 Å². The largest absolute Gasteiger partial charge is 0.468 e. The molecule has 0 aliphatic rings. The molecule has 2 N–H and O–H groups in total. The number of hydrogen-bond donors (Lipinski definition) is 1. The first-order valence-corrected chi connectivity index (χ1v) is 5.79. The Balaban J connectivity index is 0.000000321. The predicted molar refractivity (Wildman–Crippen MR) is 70.9 cm³/mol. The number of ketones is 1. The zero-order chi connectivity index (χ0) is 14.1. The second-order valence-corrected chi connectivity index (χ2v) is 4.05. The van der Waals surface area contributed by atoms with Crippen molar-refractivity contribution in [1.29, 1.82) is 0 Å². The van der Waals surface area contributed by atoms with Gasteiger partial charge < -0.3 is 10.5 Å². The van der Waals surface area contributed by atoms with Gasteiger partial charge >= 0.3 is 5.97 Å². The lowest BCUT2D eigenvalue weighted by Crippen LogP contribution is -2.19. The third-order valence-corrected chi connectivity index (χ3v) is 2.49. The van der Waals surface area contributed by atoms with Crippen LogP contribution in [0, 0.1) is 5.92 Å². The van der Waals surface area contributed by atoms with Gasteiger partial charge in [0.1, 0.15) is 11.7 Å². The van der Waals surface area contributed by atoms with E-state index in [9.17, 15) is 9.59 Å². The number of esters is 1. The summed E-state index contributed by atoms with van der Waals surface area (Å²) in [4.78, 5) is 21.0. The fourth-order valence-corrected chi connectivity index (χ4v) is 1.10. The standard InChI is InChI=1S/C8H11N.C6H10O3/c1-7(9)8-5-3-2-4-6-8;1-4(5(2)7)6(8)9-3/h2-7H,9H2,1H3;4H,1-3H3. The summed E-state index contributed by atoms with van der Waals surface area (Å²) >= 11 is 0. The number of nitrogens with two attached hydrogens (primary N) is 1. The molecule has 1 aromatic carbocycles. The highest BCUT2D eigenvalue weighted by Crippen LogP contribution is 2.06. The molecule has 0 saturated carbocycles. The molecule has 2 unspecified atom stereocenters. The minimum Gasteiger partial charge on any atom is -0.468 e. The molecule has 0 amide bonds. The summed E-state index contributed by atoms with van der Waals surface area (Å²) < 4.78 is 4.31. The van der Waals surface area contributed by atoms with Gasteiger partial charge in [-0.2, -0.15) is 0 Å². The lowest BCUT2D eigenvalue weighted by molar-refractivity contribution is -0.148. The average molecular weight is 251 g/mol. The molecule has 4 nitrogen and oxygen atoms in total. The van der Waals surface area contributed by atoms with Crippen LogP contribution in [0.3, 0.4) is 0 Å². The van der Waals surface area contributed by atoms with Crippen LogP contribution < -0.4 is 5.73 Å². The van der Waals surface area contributed by atoms with Crippen LogP contribution >= 0.6 is 0 Å². The Morgan fingerprint density at radius 1 is 1.17 bits per heavy atom. The van der Waals surface area contributed by atoms with Crippen molar-refractivity contribution in [2.75, 3.05) is 7.11 Å². The van der Waals surface area contributed by atoms with E-state index >= 15 is 0 Å². The quantitative estimate of drug-likeness (QED) is 0.659. The van der Waals surface area contributed by atoms with Crippen LogP contribution in [-0.4, -0.2) is 18.9 Å². The SMILES string of the molecule is CC(N)c1ccccc1.COC(=O)C(C)C(C)=O. The van der Waals surface area contributed by atoms with Gasteiger partial charge in [-0.25, -0.2) is 0 Å². The van der Waals surface area contributed by atoms with Gasteiger partial charge in [0.05, 0.1) is 7.11 Å². The molecular formula is C14H21NO3. The molecule has 0 saturated heterocycles. The molecule has 0 aliphatic heterocycles. The van der Waals surface area contributed by atoms with Crippen LogP contribution in [0.25, 0.3) is 0 Å². The van der Waals surface area contributed by atoms with Crippen LogP contribution in [0.1, 0.15) is 32.4 Å². The second-order valence-electron chi connectivity index (χ2n) is 4.05. The number of hydrogen-bond acceptors (Lipinski definition) is 4. The third kappa shape index (κ3) is 6.15. The zero-order valence-electron chi connectivity index (χ0n) is 11.3. The lowest BCUT2D eigenvalue weighted by Gasteiger charge is -2.02. The van der Waals surface area contributed by atoms with Crippen LogP contribution in [0.2, 0.25) is 0 Å². The van der Waals surface area contributed by atoms with Crippen LogP contribution in [0.5, 0.6) is 0 Å². The van der Waals surface area contributed by atoms with Gasteiger partial charge in [-0.05, 0) is 26.3 Å². The number of rotatable bonds is 3. The van der Waals surface area contributed by atoms with Crippen molar-refractivity contribution >= 4 is 11.8 Å². The second kappa shape index (κ2) is 8.42. The van der Waals surface area contributed by atoms with Crippen LogP contribution in [-0.2, 0) is 14.3 Å². The first-order valence-electron chi connectivity index (χ1n) is 5.79. The molecule has 0 spiro atoms.